The highest BCUT2D eigenvalue weighted by molar-refractivity contribution is 6.51. The Bertz CT molecular complexity index is 1460. The summed E-state index contributed by atoms with van der Waals surface area (Å²) >= 11 is 0. The lowest BCUT2D eigenvalue weighted by atomic mass is 9.95. The van der Waals surface area contributed by atoms with Gasteiger partial charge in [0.05, 0.1) is 23.3 Å². The Hall–Kier alpha value is -4.79. The molecular weight excluding hydrogens is 490 g/mol. The average molecular weight is 516 g/mol. The maximum atomic E-state index is 13.4. The number of esters is 1. The summed E-state index contributed by atoms with van der Waals surface area (Å²) in [5, 5.41) is 21.2. The molecule has 0 radical (unpaired) electrons. The molecule has 0 aliphatic carbocycles. The van der Waals surface area contributed by atoms with Gasteiger partial charge in [0, 0.05) is 11.3 Å². The molecule has 3 aromatic carbocycles. The number of hydrogen-bond donors (Lipinski definition) is 2. The molecule has 1 saturated heterocycles. The zero-order valence-corrected chi connectivity index (χ0v) is 20.7. The Morgan fingerprint density at radius 1 is 0.947 bits per heavy atom. The van der Waals surface area contributed by atoms with Crippen molar-refractivity contribution in [3.8, 4) is 17.2 Å². The normalized spacial score (nSPS) is 18.1. The van der Waals surface area contributed by atoms with Crippen molar-refractivity contribution in [3.63, 3.8) is 0 Å². The highest BCUT2D eigenvalue weighted by atomic mass is 16.6. The van der Waals surface area contributed by atoms with Crippen molar-refractivity contribution >= 4 is 29.1 Å². The Morgan fingerprint density at radius 3 is 2.37 bits per heavy atom. The van der Waals surface area contributed by atoms with Gasteiger partial charge in [0.2, 0.25) is 0 Å². The average Bonchev–Trinajstić information content (AvgIpc) is 3.18. The Labute approximate surface area is 218 Å². The van der Waals surface area contributed by atoms with E-state index >= 15 is 0 Å². The van der Waals surface area contributed by atoms with Gasteiger partial charge in [-0.05, 0) is 67.9 Å². The second kappa shape index (κ2) is 9.93. The third-order valence-electron chi connectivity index (χ3n) is 6.17. The quantitative estimate of drug-likeness (QED) is 0.223. The molecule has 2 heterocycles. The van der Waals surface area contributed by atoms with Crippen LogP contribution in [0.4, 0.5) is 5.69 Å². The topological polar surface area (TPSA) is 123 Å². The number of hydrogen-bond acceptors (Lipinski definition) is 8. The first-order valence-electron chi connectivity index (χ1n) is 12.1. The van der Waals surface area contributed by atoms with Crippen LogP contribution in [0.15, 0.2) is 72.3 Å². The van der Waals surface area contributed by atoms with E-state index in [0.29, 0.717) is 30.3 Å². The molecule has 0 spiro atoms. The fraction of sp³-hybridized carbons (Fsp3) is 0.207. The van der Waals surface area contributed by atoms with Crippen molar-refractivity contribution in [2.75, 3.05) is 18.1 Å². The first-order chi connectivity index (χ1) is 18.2. The molecule has 194 valence electrons. The third-order valence-corrected chi connectivity index (χ3v) is 6.17. The lowest BCUT2D eigenvalue weighted by Gasteiger charge is -2.26. The molecule has 1 fully saturated rings. The molecule has 1 amide bonds. The minimum Gasteiger partial charge on any atom is -0.508 e. The van der Waals surface area contributed by atoms with Crippen molar-refractivity contribution in [3.05, 3.63) is 89.0 Å². The third kappa shape index (κ3) is 4.54. The van der Waals surface area contributed by atoms with Crippen LogP contribution in [0.25, 0.3) is 5.76 Å². The van der Waals surface area contributed by atoms with E-state index < -0.39 is 29.5 Å². The first-order valence-corrected chi connectivity index (χ1v) is 12.1. The Morgan fingerprint density at radius 2 is 1.66 bits per heavy atom. The van der Waals surface area contributed by atoms with Crippen LogP contribution in [0.3, 0.4) is 0 Å². The summed E-state index contributed by atoms with van der Waals surface area (Å²) in [4.78, 5) is 40.6. The van der Waals surface area contributed by atoms with Crippen molar-refractivity contribution < 1.29 is 38.8 Å². The summed E-state index contributed by atoms with van der Waals surface area (Å²) in [5.74, 6) is -1.83. The number of amides is 1. The summed E-state index contributed by atoms with van der Waals surface area (Å²) < 4.78 is 16.4. The Balaban J connectivity index is 1.65. The zero-order chi connectivity index (χ0) is 27.0. The number of rotatable bonds is 5. The summed E-state index contributed by atoms with van der Waals surface area (Å²) in [6.45, 7) is 4.19. The van der Waals surface area contributed by atoms with E-state index in [4.69, 9.17) is 14.2 Å². The minimum atomic E-state index is -1.04. The van der Waals surface area contributed by atoms with Gasteiger partial charge in [0.1, 0.15) is 24.7 Å². The molecule has 9 heteroatoms. The fourth-order valence-corrected chi connectivity index (χ4v) is 4.48. The molecule has 0 aromatic heterocycles. The van der Waals surface area contributed by atoms with E-state index in [1.807, 2.05) is 0 Å². The molecule has 0 bridgehead atoms. The largest absolute Gasteiger partial charge is 0.508 e. The van der Waals surface area contributed by atoms with Gasteiger partial charge in [-0.15, -0.1) is 0 Å². The van der Waals surface area contributed by atoms with Gasteiger partial charge in [-0.25, -0.2) is 4.79 Å². The molecule has 3 aromatic rings. The van der Waals surface area contributed by atoms with Crippen LogP contribution < -0.4 is 14.4 Å². The molecule has 1 atom stereocenters. The minimum absolute atomic E-state index is 0.00374. The summed E-state index contributed by atoms with van der Waals surface area (Å²) in [7, 11) is 0. The highest BCUT2D eigenvalue weighted by Crippen LogP contribution is 2.43. The maximum absolute atomic E-state index is 13.4. The molecule has 38 heavy (non-hydrogen) atoms. The number of benzene rings is 3. The molecule has 1 unspecified atom stereocenters. The number of aromatic hydroxyl groups is 1. The van der Waals surface area contributed by atoms with Crippen molar-refractivity contribution in [1.29, 1.82) is 0 Å². The number of ketones is 1. The number of ether oxygens (including phenoxy) is 3. The van der Waals surface area contributed by atoms with E-state index in [1.165, 1.54) is 23.1 Å². The molecule has 5 rings (SSSR count). The molecule has 2 N–H and O–H groups in total. The van der Waals surface area contributed by atoms with Crippen LogP contribution in [0.1, 0.15) is 41.4 Å². The van der Waals surface area contributed by atoms with E-state index in [-0.39, 0.29) is 34.2 Å². The van der Waals surface area contributed by atoms with E-state index in [9.17, 15) is 24.6 Å². The van der Waals surface area contributed by atoms with Crippen LogP contribution in [0, 0.1) is 0 Å². The standard InChI is InChI=1S/C29H25NO8/c1-16(2)38-29(35)19-4-3-5-20(14-19)30-25(17-6-9-21(31)10-7-17)24(27(33)28(30)34)26(32)18-8-11-22-23(15-18)37-13-12-36-22/h3-11,14-16,25,31-32H,12-13H2,1-2H3/b26-24-. The van der Waals surface area contributed by atoms with Gasteiger partial charge in [0.15, 0.2) is 11.5 Å². The maximum Gasteiger partial charge on any atom is 0.338 e. The van der Waals surface area contributed by atoms with Crippen LogP contribution in [0.2, 0.25) is 0 Å². The van der Waals surface area contributed by atoms with Crippen molar-refractivity contribution in [1.82, 2.24) is 0 Å². The van der Waals surface area contributed by atoms with E-state index in [2.05, 4.69) is 0 Å². The summed E-state index contributed by atoms with van der Waals surface area (Å²) in [5.41, 5.74) is 1.06. The highest BCUT2D eigenvalue weighted by Gasteiger charge is 2.47. The van der Waals surface area contributed by atoms with Gasteiger partial charge < -0.3 is 24.4 Å². The van der Waals surface area contributed by atoms with E-state index in [0.717, 1.165) is 0 Å². The second-order valence-corrected chi connectivity index (χ2v) is 9.12. The van der Waals surface area contributed by atoms with Crippen LogP contribution in [-0.4, -0.2) is 47.2 Å². The number of phenolic OH excluding ortho intramolecular Hbond substituents is 1. The van der Waals surface area contributed by atoms with Crippen LogP contribution in [-0.2, 0) is 14.3 Å². The lowest BCUT2D eigenvalue weighted by Crippen LogP contribution is -2.29. The summed E-state index contributed by atoms with van der Waals surface area (Å²) in [6.07, 6.45) is -0.344. The number of carbonyl (C=O) groups excluding carboxylic acids is 3. The van der Waals surface area contributed by atoms with Crippen LogP contribution >= 0.6 is 0 Å². The van der Waals surface area contributed by atoms with Gasteiger partial charge in [-0.1, -0.05) is 18.2 Å². The van der Waals surface area contributed by atoms with E-state index in [1.54, 1.807) is 62.4 Å². The van der Waals surface area contributed by atoms with Crippen molar-refractivity contribution in [2.24, 2.45) is 0 Å². The zero-order valence-electron chi connectivity index (χ0n) is 20.7. The number of phenols is 1. The lowest BCUT2D eigenvalue weighted by molar-refractivity contribution is -0.132. The number of fused-ring (bicyclic) bond motifs is 1. The predicted octanol–water partition coefficient (Wildman–Crippen LogP) is 4.35. The fourth-order valence-electron chi connectivity index (χ4n) is 4.48. The smallest absolute Gasteiger partial charge is 0.338 e. The first kappa shape index (κ1) is 24.9. The second-order valence-electron chi connectivity index (χ2n) is 9.12. The van der Waals surface area contributed by atoms with Gasteiger partial charge in [0.25, 0.3) is 11.7 Å². The molecule has 2 aliphatic rings. The summed E-state index contributed by atoms with van der Waals surface area (Å²) in [6, 6.07) is 15.9. The number of aliphatic hydroxyl groups excluding tert-OH is 1. The molecular formula is C29H25NO8. The predicted molar refractivity (Wildman–Crippen MR) is 137 cm³/mol. The van der Waals surface area contributed by atoms with Gasteiger partial charge >= 0.3 is 5.97 Å². The molecule has 2 aliphatic heterocycles. The SMILES string of the molecule is CC(C)OC(=O)c1cccc(N2C(=O)C(=O)/C(=C(\O)c3ccc4c(c3)OCCO4)C2c2ccc(O)cc2)c1. The molecule has 0 saturated carbocycles. The molecule has 9 nitrogen and oxygen atoms in total. The number of nitrogens with zero attached hydrogens (tertiary/aromatic N) is 1. The van der Waals surface area contributed by atoms with Crippen LogP contribution in [0.5, 0.6) is 17.2 Å². The van der Waals surface area contributed by atoms with Gasteiger partial charge in [-0.2, -0.15) is 0 Å². The number of carbonyl (C=O) groups is 3. The number of Topliss-reactive ketones (excluding diaryl/α,β-unsaturated/α-hetero) is 1. The number of aliphatic hydroxyl groups is 1. The Kier molecular flexibility index (Phi) is 6.50. The monoisotopic (exact) mass is 515 g/mol. The van der Waals surface area contributed by atoms with Gasteiger partial charge in [-0.3, -0.25) is 14.5 Å². The number of anilines is 1. The van der Waals surface area contributed by atoms with Crippen molar-refractivity contribution in [2.45, 2.75) is 26.0 Å².